The Morgan fingerprint density at radius 2 is 2.27 bits per heavy atom. The number of anilines is 1. The molecule has 1 amide bonds. The van der Waals surface area contributed by atoms with E-state index in [1.165, 1.54) is 17.4 Å². The summed E-state index contributed by atoms with van der Waals surface area (Å²) in [6.45, 7) is 2.22. The van der Waals surface area contributed by atoms with Crippen LogP contribution >= 0.6 is 0 Å². The predicted octanol–water partition coefficient (Wildman–Crippen LogP) is 3.42. The van der Waals surface area contributed by atoms with Crippen LogP contribution in [0.15, 0.2) is 47.2 Å². The number of nitrogens with one attached hydrogen (secondary N) is 1. The molecule has 0 aliphatic heterocycles. The van der Waals surface area contributed by atoms with Gasteiger partial charge in [-0.1, -0.05) is 24.3 Å². The van der Waals surface area contributed by atoms with Crippen molar-refractivity contribution in [1.29, 1.82) is 0 Å². The van der Waals surface area contributed by atoms with Gasteiger partial charge in [-0.3, -0.25) is 4.79 Å². The quantitative estimate of drug-likeness (QED) is 0.755. The van der Waals surface area contributed by atoms with Gasteiger partial charge in [-0.25, -0.2) is 4.68 Å². The van der Waals surface area contributed by atoms with Gasteiger partial charge in [0.15, 0.2) is 0 Å². The molecule has 4 rings (SSSR count). The average molecular weight is 350 g/mol. The van der Waals surface area contributed by atoms with E-state index in [4.69, 9.17) is 10.2 Å². The standard InChI is InChI=1S/C20H22N4O2/c1-13-11-22-24(18-8-4-6-14-5-2-3-7-17(14)18)19(13)23-20(25)15-9-16(10-21)26-12-15/h2-3,5,7,9,11-12,18H,4,6,8,10,21H2,1H3,(H,23,25). The lowest BCUT2D eigenvalue weighted by Crippen LogP contribution is -2.22. The number of aryl methyl sites for hydroxylation is 2. The lowest BCUT2D eigenvalue weighted by molar-refractivity contribution is 0.102. The van der Waals surface area contributed by atoms with Crippen LogP contribution in [0.3, 0.4) is 0 Å². The molecule has 2 heterocycles. The third kappa shape index (κ3) is 2.93. The fourth-order valence-corrected chi connectivity index (χ4v) is 3.61. The summed E-state index contributed by atoms with van der Waals surface area (Å²) in [6, 6.07) is 10.3. The second-order valence-corrected chi connectivity index (χ2v) is 6.69. The summed E-state index contributed by atoms with van der Waals surface area (Å²) in [4.78, 5) is 12.6. The normalized spacial score (nSPS) is 16.3. The van der Waals surface area contributed by atoms with Gasteiger partial charge in [-0.2, -0.15) is 5.10 Å². The number of hydrogen-bond acceptors (Lipinski definition) is 4. The number of hydrogen-bond donors (Lipinski definition) is 2. The van der Waals surface area contributed by atoms with Crippen molar-refractivity contribution in [2.75, 3.05) is 5.32 Å². The highest BCUT2D eigenvalue weighted by Gasteiger charge is 2.25. The number of nitrogens with zero attached hydrogens (tertiary/aromatic N) is 2. The highest BCUT2D eigenvalue weighted by atomic mass is 16.3. The van der Waals surface area contributed by atoms with E-state index in [2.05, 4.69) is 34.7 Å². The number of nitrogens with two attached hydrogens (primary N) is 1. The van der Waals surface area contributed by atoms with Crippen LogP contribution in [0.4, 0.5) is 5.82 Å². The maximum absolute atomic E-state index is 12.6. The lowest BCUT2D eigenvalue weighted by atomic mass is 9.88. The first-order chi connectivity index (χ1) is 12.7. The van der Waals surface area contributed by atoms with E-state index < -0.39 is 0 Å². The van der Waals surface area contributed by atoms with Crippen molar-refractivity contribution in [1.82, 2.24) is 9.78 Å². The summed E-state index contributed by atoms with van der Waals surface area (Å²) in [5.74, 6) is 1.09. The minimum Gasteiger partial charge on any atom is -0.467 e. The van der Waals surface area contributed by atoms with Gasteiger partial charge in [0.2, 0.25) is 0 Å². The van der Waals surface area contributed by atoms with E-state index in [0.717, 1.165) is 30.6 Å². The molecule has 0 spiro atoms. The maximum atomic E-state index is 12.6. The third-order valence-corrected chi connectivity index (χ3v) is 4.96. The van der Waals surface area contributed by atoms with Crippen LogP contribution in [0.1, 0.15) is 51.7 Å². The van der Waals surface area contributed by atoms with Gasteiger partial charge in [-0.15, -0.1) is 0 Å². The number of aromatic nitrogens is 2. The SMILES string of the molecule is Cc1cnn(C2CCCc3ccccc32)c1NC(=O)c1coc(CN)c1. The maximum Gasteiger partial charge on any atom is 0.260 e. The highest BCUT2D eigenvalue weighted by molar-refractivity contribution is 6.04. The molecule has 0 saturated heterocycles. The number of amides is 1. The Bertz CT molecular complexity index is 941. The van der Waals surface area contributed by atoms with Crippen molar-refractivity contribution in [2.45, 2.75) is 38.8 Å². The molecule has 6 nitrogen and oxygen atoms in total. The molecule has 2 aromatic heterocycles. The smallest absolute Gasteiger partial charge is 0.260 e. The second kappa shape index (κ2) is 6.80. The number of benzene rings is 1. The third-order valence-electron chi connectivity index (χ3n) is 4.96. The van der Waals surface area contributed by atoms with Crippen LogP contribution in [0.5, 0.6) is 0 Å². The molecule has 1 unspecified atom stereocenters. The Balaban J connectivity index is 1.65. The Morgan fingerprint density at radius 3 is 3.08 bits per heavy atom. The number of fused-ring (bicyclic) bond motifs is 1. The molecule has 1 atom stereocenters. The summed E-state index contributed by atoms with van der Waals surface area (Å²) in [7, 11) is 0. The van der Waals surface area contributed by atoms with Crippen LogP contribution in [0, 0.1) is 6.92 Å². The van der Waals surface area contributed by atoms with Crippen molar-refractivity contribution in [3.8, 4) is 0 Å². The van der Waals surface area contributed by atoms with Gasteiger partial charge in [0.05, 0.1) is 24.3 Å². The molecule has 0 saturated carbocycles. The average Bonchev–Trinajstić information content (AvgIpc) is 3.29. The van der Waals surface area contributed by atoms with E-state index in [-0.39, 0.29) is 18.5 Å². The zero-order valence-corrected chi connectivity index (χ0v) is 14.7. The van der Waals surface area contributed by atoms with E-state index in [9.17, 15) is 4.79 Å². The predicted molar refractivity (Wildman–Crippen MR) is 99.0 cm³/mol. The molecule has 1 aromatic carbocycles. The number of carbonyl (C=O) groups excluding carboxylic acids is 1. The van der Waals surface area contributed by atoms with Crippen LogP contribution in [0.2, 0.25) is 0 Å². The summed E-state index contributed by atoms with van der Waals surface area (Å²) in [5.41, 5.74) is 9.59. The Labute approximate surface area is 152 Å². The van der Waals surface area contributed by atoms with Crippen molar-refractivity contribution in [3.05, 3.63) is 70.8 Å². The largest absolute Gasteiger partial charge is 0.467 e. The summed E-state index contributed by atoms with van der Waals surface area (Å²) >= 11 is 0. The van der Waals surface area contributed by atoms with Crippen LogP contribution < -0.4 is 11.1 Å². The minimum atomic E-state index is -0.220. The van der Waals surface area contributed by atoms with Gasteiger partial charge < -0.3 is 15.5 Å². The Hall–Kier alpha value is -2.86. The number of furan rings is 1. The van der Waals surface area contributed by atoms with Gasteiger partial charge in [0, 0.05) is 5.56 Å². The summed E-state index contributed by atoms with van der Waals surface area (Å²) < 4.78 is 7.21. The Kier molecular flexibility index (Phi) is 4.34. The first-order valence-corrected chi connectivity index (χ1v) is 8.88. The topological polar surface area (TPSA) is 86.1 Å². The fraction of sp³-hybridized carbons (Fsp3) is 0.300. The zero-order chi connectivity index (χ0) is 18.1. The van der Waals surface area contributed by atoms with Crippen LogP contribution in [-0.4, -0.2) is 15.7 Å². The first-order valence-electron chi connectivity index (χ1n) is 8.88. The molecular weight excluding hydrogens is 328 g/mol. The highest BCUT2D eigenvalue weighted by Crippen LogP contribution is 2.35. The summed E-state index contributed by atoms with van der Waals surface area (Å²) in [5, 5.41) is 7.57. The molecule has 3 aromatic rings. The number of rotatable bonds is 4. The van der Waals surface area contributed by atoms with Crippen LogP contribution in [-0.2, 0) is 13.0 Å². The molecule has 1 aliphatic rings. The summed E-state index contributed by atoms with van der Waals surface area (Å²) in [6.07, 6.45) is 6.43. The molecule has 0 fully saturated rings. The molecule has 26 heavy (non-hydrogen) atoms. The Morgan fingerprint density at radius 1 is 1.42 bits per heavy atom. The minimum absolute atomic E-state index is 0.132. The van der Waals surface area contributed by atoms with Gasteiger partial charge >= 0.3 is 0 Å². The van der Waals surface area contributed by atoms with E-state index in [1.54, 1.807) is 12.3 Å². The monoisotopic (exact) mass is 350 g/mol. The van der Waals surface area contributed by atoms with Crippen molar-refractivity contribution < 1.29 is 9.21 Å². The molecule has 134 valence electrons. The second-order valence-electron chi connectivity index (χ2n) is 6.69. The first kappa shape index (κ1) is 16.6. The van der Waals surface area contributed by atoms with E-state index in [1.807, 2.05) is 11.6 Å². The van der Waals surface area contributed by atoms with Crippen molar-refractivity contribution in [2.24, 2.45) is 5.73 Å². The van der Waals surface area contributed by atoms with E-state index in [0.29, 0.717) is 11.3 Å². The van der Waals surface area contributed by atoms with Gasteiger partial charge in [-0.05, 0) is 43.4 Å². The lowest BCUT2D eigenvalue weighted by Gasteiger charge is -2.27. The van der Waals surface area contributed by atoms with E-state index >= 15 is 0 Å². The molecule has 3 N–H and O–H groups in total. The molecule has 0 bridgehead atoms. The molecule has 6 heteroatoms. The van der Waals surface area contributed by atoms with Crippen LogP contribution in [0.25, 0.3) is 0 Å². The molecule has 1 aliphatic carbocycles. The fourth-order valence-electron chi connectivity index (χ4n) is 3.61. The van der Waals surface area contributed by atoms with Crippen molar-refractivity contribution >= 4 is 11.7 Å². The number of carbonyl (C=O) groups is 1. The zero-order valence-electron chi connectivity index (χ0n) is 14.7. The van der Waals surface area contributed by atoms with Gasteiger partial charge in [0.1, 0.15) is 17.8 Å². The van der Waals surface area contributed by atoms with Crippen molar-refractivity contribution in [3.63, 3.8) is 0 Å². The molecule has 0 radical (unpaired) electrons. The molecular formula is C20H22N4O2. The van der Waals surface area contributed by atoms with Gasteiger partial charge in [0.25, 0.3) is 5.91 Å².